The molecule has 2 unspecified atom stereocenters. The van der Waals surface area contributed by atoms with Gasteiger partial charge in [0.15, 0.2) is 5.82 Å². The average Bonchev–Trinajstić information content (AvgIpc) is 3.31. The molecule has 1 aromatic heterocycles. The maximum atomic E-state index is 12.5. The standard InChI is InChI=1S/C14H23N5O2S/c1-11(14(20)18-8-4-2-3-5-9-18)22(21)10-13-15-16-17-19(13)12-6-7-12/h11-12H,2-10H2,1H3. The van der Waals surface area contributed by atoms with Crippen LogP contribution in [0.4, 0.5) is 0 Å². The van der Waals surface area contributed by atoms with E-state index in [4.69, 9.17) is 0 Å². The highest BCUT2D eigenvalue weighted by molar-refractivity contribution is 7.85. The zero-order chi connectivity index (χ0) is 15.5. The van der Waals surface area contributed by atoms with Crippen LogP contribution in [0.2, 0.25) is 0 Å². The fourth-order valence-corrected chi connectivity index (χ4v) is 3.89. The molecule has 1 amide bonds. The van der Waals surface area contributed by atoms with Gasteiger partial charge in [0, 0.05) is 23.9 Å². The molecule has 0 aromatic carbocycles. The van der Waals surface area contributed by atoms with Crippen LogP contribution in [0.3, 0.4) is 0 Å². The summed E-state index contributed by atoms with van der Waals surface area (Å²) >= 11 is 0. The van der Waals surface area contributed by atoms with E-state index < -0.39 is 16.0 Å². The molecule has 122 valence electrons. The average molecular weight is 325 g/mol. The molecule has 0 bridgehead atoms. The first-order chi connectivity index (χ1) is 10.7. The Morgan fingerprint density at radius 3 is 2.59 bits per heavy atom. The molecule has 0 N–H and O–H groups in total. The van der Waals surface area contributed by atoms with E-state index in [-0.39, 0.29) is 11.7 Å². The van der Waals surface area contributed by atoms with Crippen molar-refractivity contribution in [3.8, 4) is 0 Å². The number of nitrogens with zero attached hydrogens (tertiary/aromatic N) is 5. The lowest BCUT2D eigenvalue weighted by Crippen LogP contribution is -2.40. The van der Waals surface area contributed by atoms with Crippen LogP contribution in [-0.4, -0.2) is 53.6 Å². The van der Waals surface area contributed by atoms with Crippen LogP contribution in [0.15, 0.2) is 0 Å². The Bertz CT molecular complexity index is 549. The Morgan fingerprint density at radius 2 is 1.95 bits per heavy atom. The minimum atomic E-state index is -1.29. The number of amides is 1. The van der Waals surface area contributed by atoms with Gasteiger partial charge in [0.1, 0.15) is 5.25 Å². The van der Waals surface area contributed by atoms with Gasteiger partial charge in [0.2, 0.25) is 5.91 Å². The summed E-state index contributed by atoms with van der Waals surface area (Å²) in [6, 6.07) is 0.360. The van der Waals surface area contributed by atoms with E-state index in [1.165, 1.54) is 12.8 Å². The predicted octanol–water partition coefficient (Wildman–Crippen LogP) is 1.05. The first kappa shape index (κ1) is 15.6. The zero-order valence-corrected chi connectivity index (χ0v) is 13.8. The molecule has 1 aliphatic heterocycles. The topological polar surface area (TPSA) is 81.0 Å². The monoisotopic (exact) mass is 325 g/mol. The highest BCUT2D eigenvalue weighted by Crippen LogP contribution is 2.34. The third-order valence-electron chi connectivity index (χ3n) is 4.38. The number of rotatable bonds is 5. The number of likely N-dealkylation sites (tertiary alicyclic amines) is 1. The molecular weight excluding hydrogens is 302 g/mol. The van der Waals surface area contributed by atoms with E-state index in [0.717, 1.165) is 38.8 Å². The van der Waals surface area contributed by atoms with Gasteiger partial charge in [0.25, 0.3) is 0 Å². The summed E-state index contributed by atoms with van der Waals surface area (Å²) in [6.45, 7) is 3.34. The third kappa shape index (κ3) is 3.53. The molecule has 2 fully saturated rings. The molecule has 2 heterocycles. The van der Waals surface area contributed by atoms with Gasteiger partial charge in [-0.1, -0.05) is 12.8 Å². The smallest absolute Gasteiger partial charge is 0.238 e. The van der Waals surface area contributed by atoms with Gasteiger partial charge in [-0.15, -0.1) is 5.10 Å². The van der Waals surface area contributed by atoms with Crippen molar-refractivity contribution >= 4 is 16.7 Å². The third-order valence-corrected chi connectivity index (χ3v) is 5.92. The normalized spacial score (nSPS) is 22.1. The van der Waals surface area contributed by atoms with Gasteiger partial charge in [-0.2, -0.15) is 0 Å². The zero-order valence-electron chi connectivity index (χ0n) is 13.0. The van der Waals surface area contributed by atoms with E-state index in [2.05, 4.69) is 15.5 Å². The summed E-state index contributed by atoms with van der Waals surface area (Å²) in [6.07, 6.45) is 6.60. The second kappa shape index (κ2) is 6.85. The van der Waals surface area contributed by atoms with Crippen LogP contribution in [-0.2, 0) is 21.3 Å². The first-order valence-electron chi connectivity index (χ1n) is 8.09. The fraction of sp³-hybridized carbons (Fsp3) is 0.857. The first-order valence-corrected chi connectivity index (χ1v) is 9.47. The molecule has 7 nitrogen and oxygen atoms in total. The van der Waals surface area contributed by atoms with Crippen LogP contribution >= 0.6 is 0 Å². The van der Waals surface area contributed by atoms with Crippen molar-refractivity contribution in [3.05, 3.63) is 5.82 Å². The Morgan fingerprint density at radius 1 is 1.27 bits per heavy atom. The van der Waals surface area contributed by atoms with E-state index in [1.807, 2.05) is 4.90 Å². The van der Waals surface area contributed by atoms with E-state index in [9.17, 15) is 9.00 Å². The van der Waals surface area contributed by atoms with E-state index in [0.29, 0.717) is 11.9 Å². The van der Waals surface area contributed by atoms with Gasteiger partial charge in [0.05, 0.1) is 11.8 Å². The number of aromatic nitrogens is 4. The summed E-state index contributed by atoms with van der Waals surface area (Å²) in [5.41, 5.74) is 0. The maximum absolute atomic E-state index is 12.5. The SMILES string of the molecule is CC(C(=O)N1CCCCCC1)S(=O)Cc1nnnn1C1CC1. The number of carbonyl (C=O) groups is 1. The van der Waals surface area contributed by atoms with Crippen molar-refractivity contribution in [2.24, 2.45) is 0 Å². The molecular formula is C14H23N5O2S. The fourth-order valence-electron chi connectivity index (χ4n) is 2.82. The number of carbonyl (C=O) groups excluding carboxylic acids is 1. The highest BCUT2D eigenvalue weighted by Gasteiger charge is 2.31. The number of hydrogen-bond acceptors (Lipinski definition) is 5. The van der Waals surface area contributed by atoms with Crippen molar-refractivity contribution in [1.82, 2.24) is 25.1 Å². The van der Waals surface area contributed by atoms with Crippen LogP contribution in [0.1, 0.15) is 57.3 Å². The molecule has 3 rings (SSSR count). The summed E-state index contributed by atoms with van der Waals surface area (Å²) in [5.74, 6) is 0.895. The lowest BCUT2D eigenvalue weighted by atomic mass is 10.2. The van der Waals surface area contributed by atoms with Crippen LogP contribution in [0.25, 0.3) is 0 Å². The Kier molecular flexibility index (Phi) is 4.85. The van der Waals surface area contributed by atoms with Crippen molar-refractivity contribution < 1.29 is 9.00 Å². The second-order valence-corrected chi connectivity index (χ2v) is 7.93. The van der Waals surface area contributed by atoms with E-state index >= 15 is 0 Å². The largest absolute Gasteiger partial charge is 0.342 e. The minimum absolute atomic E-state index is 0.00526. The van der Waals surface area contributed by atoms with Gasteiger partial charge in [-0.3, -0.25) is 9.00 Å². The molecule has 2 atom stereocenters. The molecule has 1 saturated carbocycles. The Labute approximate surface area is 132 Å². The summed E-state index contributed by atoms with van der Waals surface area (Å²) in [5, 5.41) is 11.1. The van der Waals surface area contributed by atoms with Crippen molar-refractivity contribution in [2.45, 2.75) is 62.5 Å². The molecule has 8 heteroatoms. The van der Waals surface area contributed by atoms with Crippen LogP contribution in [0, 0.1) is 0 Å². The Hall–Kier alpha value is -1.31. The summed E-state index contributed by atoms with van der Waals surface area (Å²) in [7, 11) is -1.29. The molecule has 1 saturated heterocycles. The summed E-state index contributed by atoms with van der Waals surface area (Å²) < 4.78 is 14.3. The van der Waals surface area contributed by atoms with Crippen LogP contribution in [0.5, 0.6) is 0 Å². The second-order valence-electron chi connectivity index (χ2n) is 6.18. The minimum Gasteiger partial charge on any atom is -0.342 e. The molecule has 0 spiro atoms. The maximum Gasteiger partial charge on any atom is 0.238 e. The Balaban J connectivity index is 1.60. The van der Waals surface area contributed by atoms with Crippen molar-refractivity contribution in [2.75, 3.05) is 13.1 Å². The molecule has 1 aromatic rings. The lowest BCUT2D eigenvalue weighted by molar-refractivity contribution is -0.130. The lowest BCUT2D eigenvalue weighted by Gasteiger charge is -2.23. The summed E-state index contributed by atoms with van der Waals surface area (Å²) in [4.78, 5) is 14.4. The van der Waals surface area contributed by atoms with Crippen molar-refractivity contribution in [1.29, 1.82) is 0 Å². The number of hydrogen-bond donors (Lipinski definition) is 0. The van der Waals surface area contributed by atoms with E-state index in [1.54, 1.807) is 11.6 Å². The molecule has 0 radical (unpaired) electrons. The van der Waals surface area contributed by atoms with Gasteiger partial charge in [-0.05, 0) is 43.0 Å². The van der Waals surface area contributed by atoms with Gasteiger partial charge in [-0.25, -0.2) is 4.68 Å². The van der Waals surface area contributed by atoms with Gasteiger partial charge < -0.3 is 4.90 Å². The quantitative estimate of drug-likeness (QED) is 0.808. The van der Waals surface area contributed by atoms with Crippen LogP contribution < -0.4 is 0 Å². The molecule has 2 aliphatic rings. The van der Waals surface area contributed by atoms with Crippen molar-refractivity contribution in [3.63, 3.8) is 0 Å². The highest BCUT2D eigenvalue weighted by atomic mass is 32.2. The predicted molar refractivity (Wildman–Crippen MR) is 82.4 cm³/mol. The molecule has 22 heavy (non-hydrogen) atoms. The van der Waals surface area contributed by atoms with Gasteiger partial charge >= 0.3 is 0 Å². The molecule has 1 aliphatic carbocycles. The number of tetrazole rings is 1.